The number of H-pyrrole nitrogens is 1. The molecule has 3 aromatic carbocycles. The summed E-state index contributed by atoms with van der Waals surface area (Å²) in [5, 5.41) is 16.9. The van der Waals surface area contributed by atoms with Crippen LogP contribution in [0.25, 0.3) is 16.6 Å². The average Bonchev–Trinajstić information content (AvgIpc) is 3.71. The normalized spacial score (nSPS) is 19.5. The number of benzene rings is 3. The number of aromatic nitrogens is 2. The molecule has 1 atom stereocenters. The van der Waals surface area contributed by atoms with Crippen LogP contribution in [0.2, 0.25) is 5.02 Å². The van der Waals surface area contributed by atoms with Crippen LogP contribution in [-0.4, -0.2) is 106 Å². The number of pyridine rings is 1. The number of hydrogen-bond donors (Lipinski definition) is 4. The van der Waals surface area contributed by atoms with E-state index in [4.69, 9.17) is 31.8 Å². The Morgan fingerprint density at radius 1 is 1.02 bits per heavy atom. The molecule has 18 heteroatoms. The summed E-state index contributed by atoms with van der Waals surface area (Å²) in [5.41, 5.74) is 13.2. The first-order valence-electron chi connectivity index (χ1n) is 22.6. The van der Waals surface area contributed by atoms with Gasteiger partial charge in [-0.25, -0.2) is 13.1 Å². The number of nitrogens with one attached hydrogen (secondary N) is 3. The highest BCUT2D eigenvalue weighted by molar-refractivity contribution is 7.90. The van der Waals surface area contributed by atoms with Crippen molar-refractivity contribution in [3.63, 3.8) is 0 Å². The molecule has 4 aliphatic rings. The molecule has 5 N–H and O–H groups in total. The molecule has 2 aromatic heterocycles. The van der Waals surface area contributed by atoms with Crippen LogP contribution < -0.4 is 30.3 Å². The summed E-state index contributed by atoms with van der Waals surface area (Å²) in [5.74, 6) is -0.338. The van der Waals surface area contributed by atoms with E-state index < -0.39 is 37.5 Å². The number of nitro benzene ring substituents is 1. The monoisotopic (exact) mass is 937 g/mol. The van der Waals surface area contributed by atoms with Gasteiger partial charge in [0.25, 0.3) is 21.6 Å². The summed E-state index contributed by atoms with van der Waals surface area (Å²) in [6.45, 7) is 10.7. The highest BCUT2D eigenvalue weighted by Gasteiger charge is 2.33. The molecule has 0 radical (unpaired) electrons. The molecule has 5 aromatic rings. The molecule has 2 fully saturated rings. The maximum atomic E-state index is 14.4. The third-order valence-corrected chi connectivity index (χ3v) is 14.9. The Kier molecular flexibility index (Phi) is 13.0. The second-order valence-corrected chi connectivity index (χ2v) is 20.7. The van der Waals surface area contributed by atoms with E-state index in [1.807, 2.05) is 41.3 Å². The Balaban J connectivity index is 0.998. The summed E-state index contributed by atoms with van der Waals surface area (Å²) in [7, 11) is -4.60. The number of nitro groups is 1. The van der Waals surface area contributed by atoms with Crippen molar-refractivity contribution >= 4 is 72.6 Å². The number of nitrogens with zero attached hydrogens (tertiary/aromatic N) is 5. The van der Waals surface area contributed by atoms with Crippen LogP contribution in [0.1, 0.15) is 61.9 Å². The molecular formula is C48H56ClN9O7S. The molecule has 3 aliphatic heterocycles. The van der Waals surface area contributed by atoms with E-state index in [9.17, 15) is 23.3 Å². The number of aromatic amines is 1. The van der Waals surface area contributed by atoms with Gasteiger partial charge in [-0.2, -0.15) is 4.98 Å². The molecule has 2 saturated heterocycles. The second kappa shape index (κ2) is 18.9. The smallest absolute Gasteiger partial charge is 0.293 e. The van der Waals surface area contributed by atoms with E-state index in [1.165, 1.54) is 28.8 Å². The molecule has 0 spiro atoms. The molecule has 1 aliphatic carbocycles. The van der Waals surface area contributed by atoms with Crippen LogP contribution in [-0.2, 0) is 14.8 Å². The Hall–Kier alpha value is -5.72. The number of carbonyl (C=O) groups excluding carboxylic acids is 1. The zero-order chi connectivity index (χ0) is 46.2. The fourth-order valence-corrected chi connectivity index (χ4v) is 10.6. The summed E-state index contributed by atoms with van der Waals surface area (Å²) >= 11 is 6.27. The minimum atomic E-state index is -4.60. The first-order chi connectivity index (χ1) is 31.7. The van der Waals surface area contributed by atoms with E-state index in [-0.39, 0.29) is 35.7 Å². The number of rotatable bonds is 12. The van der Waals surface area contributed by atoms with E-state index in [1.54, 1.807) is 12.3 Å². The average molecular weight is 939 g/mol. The van der Waals surface area contributed by atoms with Crippen LogP contribution in [0.5, 0.6) is 5.88 Å². The number of nitrogens with two attached hydrogens (primary N) is 1. The van der Waals surface area contributed by atoms with Crippen LogP contribution >= 0.6 is 11.6 Å². The van der Waals surface area contributed by atoms with E-state index in [0.717, 1.165) is 87.0 Å². The van der Waals surface area contributed by atoms with Gasteiger partial charge in [0, 0.05) is 87.4 Å². The number of anilines is 4. The van der Waals surface area contributed by atoms with Crippen molar-refractivity contribution in [3.8, 4) is 5.88 Å². The summed E-state index contributed by atoms with van der Waals surface area (Å²) < 4.78 is 41.7. The van der Waals surface area contributed by atoms with Crippen molar-refractivity contribution in [2.45, 2.75) is 56.9 Å². The predicted molar refractivity (Wildman–Crippen MR) is 257 cm³/mol. The van der Waals surface area contributed by atoms with Gasteiger partial charge in [0.1, 0.15) is 23.6 Å². The first kappa shape index (κ1) is 45.4. The Morgan fingerprint density at radius 3 is 2.55 bits per heavy atom. The fraction of sp³-hybridized carbons (Fsp3) is 0.417. The predicted octanol–water partition coefficient (Wildman–Crippen LogP) is 7.73. The lowest BCUT2D eigenvalue weighted by Crippen LogP contribution is -2.47. The maximum absolute atomic E-state index is 14.4. The number of piperazine rings is 1. The van der Waals surface area contributed by atoms with Crippen LogP contribution in [0.15, 0.2) is 89.5 Å². The van der Waals surface area contributed by atoms with Gasteiger partial charge in [0.2, 0.25) is 5.88 Å². The zero-order valence-electron chi connectivity index (χ0n) is 37.2. The lowest BCUT2D eigenvalue weighted by molar-refractivity contribution is -0.384. The Morgan fingerprint density at radius 2 is 1.79 bits per heavy atom. The number of sulfonamides is 1. The van der Waals surface area contributed by atoms with Crippen molar-refractivity contribution in [3.05, 3.63) is 111 Å². The molecule has 348 valence electrons. The van der Waals surface area contributed by atoms with Gasteiger partial charge >= 0.3 is 0 Å². The SMILES string of the molecule is CC1(C)CCC(CN2CCN(c3ccc(C(=O)NS(=O)(=O)c4ccc(NCC5CCOCC5)c([N+](=O)[O-])c4)c(N4C[C@@H](N)COc5nc6[nH]ccc6cc54)c3)CC2)=C(c2ccc(Cl)cc2)C1. The number of fused-ring (bicyclic) bond motifs is 2. The van der Waals surface area contributed by atoms with Gasteiger partial charge in [0.15, 0.2) is 0 Å². The second-order valence-electron chi connectivity index (χ2n) is 18.6. The molecule has 9 rings (SSSR count). The third kappa shape index (κ3) is 10.0. The van der Waals surface area contributed by atoms with Crippen molar-refractivity contribution in [2.75, 3.05) is 80.8 Å². The third-order valence-electron chi connectivity index (χ3n) is 13.3. The number of allylic oxidation sites excluding steroid dienone is 1. The van der Waals surface area contributed by atoms with Crippen LogP contribution in [0.4, 0.5) is 28.4 Å². The number of ether oxygens (including phenoxy) is 2. The van der Waals surface area contributed by atoms with Gasteiger partial charge in [-0.15, -0.1) is 0 Å². The Labute approximate surface area is 389 Å². The van der Waals surface area contributed by atoms with Crippen LogP contribution in [0.3, 0.4) is 0 Å². The standard InChI is InChI=1S/C48H56ClN9O7S/c1-48(2)15-11-34(40(26-48)32-3-5-35(49)6-4-32)28-55-17-19-56(20-18-55)37-7-9-39(42(24-37)57-29-36(50)30-65-47-44(57)23-33-12-16-51-45(33)53-47)46(59)54-66(62,63)38-8-10-41(43(25-38)58(60)61)52-27-31-13-21-64-22-14-31/h3-10,12,16,23-25,31,36,52H,11,13-15,17-22,26-30,50H2,1-2H3,(H,51,53)(H,54,59)/t36-/m1/s1. The molecular weight excluding hydrogens is 882 g/mol. The first-order valence-corrected chi connectivity index (χ1v) is 24.5. The number of halogens is 1. The van der Waals surface area contributed by atoms with Crippen molar-refractivity contribution in [2.24, 2.45) is 17.1 Å². The molecule has 16 nitrogen and oxygen atoms in total. The molecule has 66 heavy (non-hydrogen) atoms. The van der Waals surface area contributed by atoms with E-state index >= 15 is 0 Å². The quantitative estimate of drug-likeness (QED) is 0.0700. The fourth-order valence-electron chi connectivity index (χ4n) is 9.50. The van der Waals surface area contributed by atoms with Gasteiger partial charge in [-0.3, -0.25) is 19.8 Å². The summed E-state index contributed by atoms with van der Waals surface area (Å²) in [4.78, 5) is 40.1. The molecule has 0 bridgehead atoms. The number of carbonyl (C=O) groups is 1. The zero-order valence-corrected chi connectivity index (χ0v) is 38.8. The maximum Gasteiger partial charge on any atom is 0.293 e. The molecule has 1 amide bonds. The number of hydrogen-bond acceptors (Lipinski definition) is 13. The number of amides is 1. The van der Waals surface area contributed by atoms with Crippen LogP contribution in [0, 0.1) is 21.4 Å². The van der Waals surface area contributed by atoms with Gasteiger partial charge < -0.3 is 35.3 Å². The van der Waals surface area contributed by atoms with Crippen molar-refractivity contribution in [1.29, 1.82) is 0 Å². The summed E-state index contributed by atoms with van der Waals surface area (Å²) in [6, 6.07) is 20.4. The van der Waals surface area contributed by atoms with Gasteiger partial charge in [-0.05, 0) is 109 Å². The minimum absolute atomic E-state index is 0.0568. The topological polar surface area (TPSA) is 201 Å². The lowest BCUT2D eigenvalue weighted by Gasteiger charge is -2.39. The lowest BCUT2D eigenvalue weighted by atomic mass is 9.72. The van der Waals surface area contributed by atoms with E-state index in [0.29, 0.717) is 42.7 Å². The van der Waals surface area contributed by atoms with Crippen molar-refractivity contribution in [1.82, 2.24) is 19.6 Å². The highest BCUT2D eigenvalue weighted by Crippen LogP contribution is 2.44. The molecule has 0 unspecified atom stereocenters. The largest absolute Gasteiger partial charge is 0.474 e. The van der Waals surface area contributed by atoms with Gasteiger partial charge in [0.05, 0.1) is 27.1 Å². The Bertz CT molecular complexity index is 2770. The van der Waals surface area contributed by atoms with E-state index in [2.05, 4.69) is 50.8 Å². The molecule has 0 saturated carbocycles. The molecule has 5 heterocycles. The summed E-state index contributed by atoms with van der Waals surface area (Å²) in [6.07, 6.45) is 6.59. The van der Waals surface area contributed by atoms with Crippen molar-refractivity contribution < 1.29 is 27.6 Å². The minimum Gasteiger partial charge on any atom is -0.474 e. The van der Waals surface area contributed by atoms with Gasteiger partial charge in [-0.1, -0.05) is 43.2 Å². The highest BCUT2D eigenvalue weighted by atomic mass is 35.5.